The molecule has 0 radical (unpaired) electrons. The second kappa shape index (κ2) is 13.7. The third-order valence-electron chi connectivity index (χ3n) is 5.44. The summed E-state index contributed by atoms with van der Waals surface area (Å²) in [5, 5.41) is 5.26. The van der Waals surface area contributed by atoms with Crippen LogP contribution in [0.3, 0.4) is 0 Å². The molecule has 1 rings (SSSR count). The number of esters is 1. The fraction of sp³-hybridized carbons (Fsp3) is 0.615. The highest BCUT2D eigenvalue weighted by molar-refractivity contribution is 5.91. The molecule has 0 aliphatic rings. The van der Waals surface area contributed by atoms with Crippen molar-refractivity contribution in [2.75, 3.05) is 19.7 Å². The van der Waals surface area contributed by atoms with E-state index in [9.17, 15) is 19.2 Å². The van der Waals surface area contributed by atoms with Gasteiger partial charge in [-0.05, 0) is 71.6 Å². The Labute approximate surface area is 208 Å². The van der Waals surface area contributed by atoms with Crippen molar-refractivity contribution in [1.29, 1.82) is 0 Å². The van der Waals surface area contributed by atoms with E-state index in [0.717, 1.165) is 11.1 Å². The highest BCUT2D eigenvalue weighted by Crippen LogP contribution is 2.27. The quantitative estimate of drug-likeness (QED) is 0.458. The first-order chi connectivity index (χ1) is 16.3. The molecule has 2 unspecified atom stereocenters. The Bertz CT molecular complexity index is 894. The van der Waals surface area contributed by atoms with E-state index in [1.165, 1.54) is 4.90 Å². The maximum atomic E-state index is 13.4. The van der Waals surface area contributed by atoms with Crippen molar-refractivity contribution in [3.8, 4) is 0 Å². The van der Waals surface area contributed by atoms with Crippen LogP contribution in [0, 0.1) is 13.8 Å². The summed E-state index contributed by atoms with van der Waals surface area (Å²) in [6.45, 7) is 14.6. The molecule has 0 fully saturated rings. The van der Waals surface area contributed by atoms with Gasteiger partial charge >= 0.3 is 12.1 Å². The second-order valence-corrected chi connectivity index (χ2v) is 9.51. The summed E-state index contributed by atoms with van der Waals surface area (Å²) in [4.78, 5) is 52.1. The van der Waals surface area contributed by atoms with Crippen molar-refractivity contribution < 1.29 is 28.7 Å². The largest absolute Gasteiger partial charge is 0.466 e. The van der Waals surface area contributed by atoms with Crippen LogP contribution in [-0.4, -0.2) is 60.1 Å². The van der Waals surface area contributed by atoms with Gasteiger partial charge < -0.3 is 25.0 Å². The van der Waals surface area contributed by atoms with E-state index in [1.54, 1.807) is 27.7 Å². The van der Waals surface area contributed by atoms with Crippen molar-refractivity contribution in [3.05, 3.63) is 34.9 Å². The first-order valence-electron chi connectivity index (χ1n) is 12.1. The molecule has 0 aromatic heterocycles. The molecule has 1 aromatic carbocycles. The Balaban J connectivity index is 3.22. The summed E-state index contributed by atoms with van der Waals surface area (Å²) in [6, 6.07) is 4.36. The van der Waals surface area contributed by atoms with Gasteiger partial charge in [0.2, 0.25) is 11.8 Å². The molecule has 2 atom stereocenters. The summed E-state index contributed by atoms with van der Waals surface area (Å²) in [5.41, 5.74) is 1.98. The first-order valence-corrected chi connectivity index (χ1v) is 12.1. The lowest BCUT2D eigenvalue weighted by Crippen LogP contribution is -2.51. The summed E-state index contributed by atoms with van der Waals surface area (Å²) >= 11 is 0. The van der Waals surface area contributed by atoms with Crippen LogP contribution in [0.4, 0.5) is 4.79 Å². The topological polar surface area (TPSA) is 114 Å². The average molecular weight is 492 g/mol. The number of hydrogen-bond acceptors (Lipinski definition) is 6. The predicted molar refractivity (Wildman–Crippen MR) is 134 cm³/mol. The fourth-order valence-corrected chi connectivity index (χ4v) is 3.38. The molecule has 0 aliphatic heterocycles. The zero-order valence-electron chi connectivity index (χ0n) is 22.3. The highest BCUT2D eigenvalue weighted by Gasteiger charge is 2.34. The van der Waals surface area contributed by atoms with Gasteiger partial charge in [-0.25, -0.2) is 4.79 Å². The smallest absolute Gasteiger partial charge is 0.408 e. The molecular formula is C26H41N3O6. The average Bonchev–Trinajstić information content (AvgIpc) is 2.76. The zero-order chi connectivity index (χ0) is 26.8. The zero-order valence-corrected chi connectivity index (χ0v) is 22.3. The number of ether oxygens (including phenoxy) is 2. The molecule has 1 aromatic rings. The molecule has 0 spiro atoms. The fourth-order valence-electron chi connectivity index (χ4n) is 3.38. The van der Waals surface area contributed by atoms with Gasteiger partial charge in [-0.3, -0.25) is 14.4 Å². The number of rotatable bonds is 11. The molecule has 3 amide bonds. The normalized spacial score (nSPS) is 12.8. The van der Waals surface area contributed by atoms with E-state index in [-0.39, 0.29) is 32.2 Å². The third kappa shape index (κ3) is 9.96. The van der Waals surface area contributed by atoms with Crippen LogP contribution in [-0.2, 0) is 23.9 Å². The van der Waals surface area contributed by atoms with E-state index in [4.69, 9.17) is 9.47 Å². The minimum atomic E-state index is -0.945. The van der Waals surface area contributed by atoms with Crippen LogP contribution in [0.1, 0.15) is 77.1 Å². The number of hydrogen-bond donors (Lipinski definition) is 2. The Morgan fingerprint density at radius 2 is 1.69 bits per heavy atom. The molecule has 0 bridgehead atoms. The van der Waals surface area contributed by atoms with Crippen molar-refractivity contribution >= 4 is 23.9 Å². The maximum Gasteiger partial charge on any atom is 0.408 e. The lowest BCUT2D eigenvalue weighted by Gasteiger charge is -2.36. The summed E-state index contributed by atoms with van der Waals surface area (Å²) in [6.07, 6.45) is -0.0941. The van der Waals surface area contributed by atoms with Gasteiger partial charge in [-0.15, -0.1) is 0 Å². The second-order valence-electron chi connectivity index (χ2n) is 9.51. The number of nitrogens with one attached hydrogen (secondary N) is 2. The Kier molecular flexibility index (Phi) is 11.7. The molecular weight excluding hydrogens is 450 g/mol. The lowest BCUT2D eigenvalue weighted by molar-refractivity contribution is -0.144. The van der Waals surface area contributed by atoms with Crippen LogP contribution in [0.15, 0.2) is 18.2 Å². The standard InChI is InChI=1S/C26H41N3O6/c1-9-19(5)29(21(30)16-28-25(33)35-26(6,7)8)23(20-12-11-17(3)18(4)15-20)24(32)27-14-13-22(31)34-10-2/h11-12,15,19,23H,9-10,13-14,16H2,1-8H3,(H,27,32)(H,28,33). The highest BCUT2D eigenvalue weighted by atomic mass is 16.6. The Morgan fingerprint density at radius 1 is 1.03 bits per heavy atom. The van der Waals surface area contributed by atoms with Gasteiger partial charge in [0.15, 0.2) is 0 Å². The number of carbonyl (C=O) groups excluding carboxylic acids is 4. The first kappa shape index (κ1) is 29.9. The minimum Gasteiger partial charge on any atom is -0.466 e. The molecule has 0 saturated carbocycles. The molecule has 0 saturated heterocycles. The number of aryl methyl sites for hydroxylation is 2. The number of carbonyl (C=O) groups is 4. The van der Waals surface area contributed by atoms with Crippen LogP contribution in [0.2, 0.25) is 0 Å². The van der Waals surface area contributed by atoms with Gasteiger partial charge in [-0.1, -0.05) is 25.1 Å². The summed E-state index contributed by atoms with van der Waals surface area (Å²) < 4.78 is 10.1. The molecule has 9 heteroatoms. The SMILES string of the molecule is CCOC(=O)CCNC(=O)C(c1ccc(C)c(C)c1)N(C(=O)CNC(=O)OC(C)(C)C)C(C)CC. The molecule has 9 nitrogen and oxygen atoms in total. The van der Waals surface area contributed by atoms with Gasteiger partial charge in [0, 0.05) is 12.6 Å². The monoisotopic (exact) mass is 491 g/mol. The van der Waals surface area contributed by atoms with Crippen molar-refractivity contribution in [3.63, 3.8) is 0 Å². The van der Waals surface area contributed by atoms with Crippen molar-refractivity contribution in [2.45, 2.75) is 85.9 Å². The van der Waals surface area contributed by atoms with Gasteiger partial charge in [0.05, 0.1) is 13.0 Å². The minimum absolute atomic E-state index is 0.0245. The molecule has 0 aliphatic carbocycles. The molecule has 0 heterocycles. The van der Waals surface area contributed by atoms with Gasteiger partial charge in [-0.2, -0.15) is 0 Å². The Hall–Kier alpha value is -3.10. The van der Waals surface area contributed by atoms with Crippen LogP contribution < -0.4 is 10.6 Å². The lowest BCUT2D eigenvalue weighted by atomic mass is 9.97. The van der Waals surface area contributed by atoms with Crippen molar-refractivity contribution in [1.82, 2.24) is 15.5 Å². The molecule has 2 N–H and O–H groups in total. The number of benzene rings is 1. The van der Waals surface area contributed by atoms with E-state index in [2.05, 4.69) is 10.6 Å². The number of alkyl carbamates (subject to hydrolysis) is 1. The molecule has 35 heavy (non-hydrogen) atoms. The van der Waals surface area contributed by atoms with E-state index in [0.29, 0.717) is 12.0 Å². The van der Waals surface area contributed by atoms with Gasteiger partial charge in [0.25, 0.3) is 0 Å². The van der Waals surface area contributed by atoms with Crippen LogP contribution in [0.5, 0.6) is 0 Å². The summed E-state index contributed by atoms with van der Waals surface area (Å²) in [5.74, 6) is -1.25. The number of amides is 3. The van der Waals surface area contributed by atoms with Crippen LogP contribution in [0.25, 0.3) is 0 Å². The predicted octanol–water partition coefficient (Wildman–Crippen LogP) is 3.57. The molecule has 196 valence electrons. The Morgan fingerprint density at radius 3 is 2.23 bits per heavy atom. The number of nitrogens with zero attached hydrogens (tertiary/aromatic N) is 1. The van der Waals surface area contributed by atoms with E-state index >= 15 is 0 Å². The van der Waals surface area contributed by atoms with Gasteiger partial charge in [0.1, 0.15) is 18.2 Å². The summed E-state index contributed by atoms with van der Waals surface area (Å²) in [7, 11) is 0. The van der Waals surface area contributed by atoms with E-state index in [1.807, 2.05) is 45.9 Å². The van der Waals surface area contributed by atoms with Crippen molar-refractivity contribution in [2.24, 2.45) is 0 Å². The maximum absolute atomic E-state index is 13.4. The van der Waals surface area contributed by atoms with Crippen LogP contribution >= 0.6 is 0 Å². The van der Waals surface area contributed by atoms with E-state index < -0.39 is 35.5 Å². The third-order valence-corrected chi connectivity index (χ3v) is 5.44.